The van der Waals surface area contributed by atoms with E-state index in [9.17, 15) is 9.59 Å². The van der Waals surface area contributed by atoms with E-state index in [-0.39, 0.29) is 16.5 Å². The fourth-order valence-corrected chi connectivity index (χ4v) is 2.54. The van der Waals surface area contributed by atoms with Crippen molar-refractivity contribution in [2.24, 2.45) is 0 Å². The average molecular weight is 316 g/mol. The molecule has 0 atom stereocenters. The second-order valence-corrected chi connectivity index (χ2v) is 5.68. The highest BCUT2D eigenvalue weighted by molar-refractivity contribution is 7.18. The first-order valence-corrected chi connectivity index (χ1v) is 6.64. The van der Waals surface area contributed by atoms with Crippen LogP contribution in [0.5, 0.6) is 0 Å². The first kappa shape index (κ1) is 13.9. The third-order valence-corrected chi connectivity index (χ3v) is 3.80. The quantitative estimate of drug-likeness (QED) is 0.899. The third kappa shape index (κ3) is 3.26. The summed E-state index contributed by atoms with van der Waals surface area (Å²) in [6.07, 6.45) is 0. The predicted octanol–water partition coefficient (Wildman–Crippen LogP) is 4.01. The van der Waals surface area contributed by atoms with Gasteiger partial charge in [-0.15, -0.1) is 11.3 Å². The molecule has 2 N–H and O–H groups in total. The molecule has 1 heterocycles. The van der Waals surface area contributed by atoms with Crippen molar-refractivity contribution in [2.45, 2.75) is 0 Å². The molecule has 0 aliphatic heterocycles. The van der Waals surface area contributed by atoms with E-state index in [1.807, 2.05) is 0 Å². The summed E-state index contributed by atoms with van der Waals surface area (Å²) in [7, 11) is 0. The monoisotopic (exact) mass is 315 g/mol. The summed E-state index contributed by atoms with van der Waals surface area (Å²) in [6, 6.07) is 7.31. The van der Waals surface area contributed by atoms with E-state index in [4.69, 9.17) is 28.3 Å². The van der Waals surface area contributed by atoms with Crippen molar-refractivity contribution >= 4 is 52.1 Å². The molecular formula is C12H7Cl2NO3S. The number of nitrogens with one attached hydrogen (secondary N) is 1. The maximum Gasteiger partial charge on any atom is 0.335 e. The minimum absolute atomic E-state index is 0.0576. The van der Waals surface area contributed by atoms with Gasteiger partial charge in [0.25, 0.3) is 5.91 Å². The fraction of sp³-hybridized carbons (Fsp3) is 0. The van der Waals surface area contributed by atoms with Gasteiger partial charge in [0.2, 0.25) is 0 Å². The van der Waals surface area contributed by atoms with Gasteiger partial charge in [-0.1, -0.05) is 23.2 Å². The number of halogens is 2. The number of carboxylic acids is 1. The number of carboxylic acid groups (broad SMARTS) is 1. The van der Waals surface area contributed by atoms with Crippen LogP contribution >= 0.6 is 34.5 Å². The van der Waals surface area contributed by atoms with Crippen molar-refractivity contribution in [3.8, 4) is 0 Å². The molecule has 2 rings (SSSR count). The van der Waals surface area contributed by atoms with Crippen molar-refractivity contribution in [1.29, 1.82) is 0 Å². The summed E-state index contributed by atoms with van der Waals surface area (Å²) in [5, 5.41) is 11.6. The number of anilines is 1. The number of amides is 1. The van der Waals surface area contributed by atoms with E-state index >= 15 is 0 Å². The fourth-order valence-electron chi connectivity index (χ4n) is 1.37. The molecule has 0 aliphatic rings. The largest absolute Gasteiger partial charge is 0.478 e. The molecule has 4 nitrogen and oxygen atoms in total. The van der Waals surface area contributed by atoms with Gasteiger partial charge >= 0.3 is 5.97 Å². The first-order chi connectivity index (χ1) is 8.97. The molecular weight excluding hydrogens is 309 g/mol. The van der Waals surface area contributed by atoms with Gasteiger partial charge in [0.05, 0.1) is 25.5 Å². The zero-order valence-electron chi connectivity index (χ0n) is 9.31. The van der Waals surface area contributed by atoms with Gasteiger partial charge in [0, 0.05) is 0 Å². The molecule has 0 fully saturated rings. The Hall–Kier alpha value is -1.56. The molecule has 2 aromatic rings. The lowest BCUT2D eigenvalue weighted by molar-refractivity contribution is 0.0696. The summed E-state index contributed by atoms with van der Waals surface area (Å²) >= 11 is 12.8. The summed E-state index contributed by atoms with van der Waals surface area (Å²) in [5.41, 5.74) is 0.406. The Bertz CT molecular complexity index is 654. The average Bonchev–Trinajstić information content (AvgIpc) is 2.78. The van der Waals surface area contributed by atoms with Gasteiger partial charge in [0.15, 0.2) is 0 Å². The lowest BCUT2D eigenvalue weighted by Crippen LogP contribution is -2.10. The Labute approximate surface area is 122 Å². The van der Waals surface area contributed by atoms with Crippen LogP contribution in [0.1, 0.15) is 20.0 Å². The summed E-state index contributed by atoms with van der Waals surface area (Å²) in [6.45, 7) is 0. The SMILES string of the molecule is O=C(O)c1ccc(NC(=O)c2ccc(Cl)s2)c(Cl)c1. The summed E-state index contributed by atoms with van der Waals surface area (Å²) in [5.74, 6) is -1.42. The number of rotatable bonds is 3. The maximum atomic E-state index is 11.9. The molecule has 1 aromatic heterocycles. The number of hydrogen-bond donors (Lipinski definition) is 2. The predicted molar refractivity (Wildman–Crippen MR) is 75.7 cm³/mol. The van der Waals surface area contributed by atoms with Crippen molar-refractivity contribution in [1.82, 2.24) is 0 Å². The highest BCUT2D eigenvalue weighted by atomic mass is 35.5. The van der Waals surface area contributed by atoms with Crippen LogP contribution in [0.25, 0.3) is 0 Å². The van der Waals surface area contributed by atoms with Gasteiger partial charge in [-0.3, -0.25) is 4.79 Å². The first-order valence-electron chi connectivity index (χ1n) is 5.07. The van der Waals surface area contributed by atoms with Crippen molar-refractivity contribution in [3.63, 3.8) is 0 Å². The number of aromatic carboxylic acids is 1. The lowest BCUT2D eigenvalue weighted by Gasteiger charge is -2.06. The van der Waals surface area contributed by atoms with Crippen LogP contribution < -0.4 is 5.32 Å². The third-order valence-electron chi connectivity index (χ3n) is 2.26. The molecule has 19 heavy (non-hydrogen) atoms. The van der Waals surface area contributed by atoms with Crippen LogP contribution in [0.4, 0.5) is 5.69 Å². The molecule has 0 aliphatic carbocycles. The van der Waals surface area contributed by atoms with Gasteiger partial charge < -0.3 is 10.4 Å². The molecule has 0 spiro atoms. The number of hydrogen-bond acceptors (Lipinski definition) is 3. The minimum atomic E-state index is -1.08. The number of benzene rings is 1. The molecule has 0 saturated carbocycles. The van der Waals surface area contributed by atoms with Gasteiger partial charge in [0.1, 0.15) is 0 Å². The van der Waals surface area contributed by atoms with Gasteiger partial charge in [-0.25, -0.2) is 4.79 Å². The van der Waals surface area contributed by atoms with E-state index in [2.05, 4.69) is 5.32 Å². The number of thiophene rings is 1. The molecule has 0 unspecified atom stereocenters. The van der Waals surface area contributed by atoms with Crippen LogP contribution in [0.15, 0.2) is 30.3 Å². The Morgan fingerprint density at radius 2 is 1.89 bits per heavy atom. The normalized spacial score (nSPS) is 10.2. The standard InChI is InChI=1S/C12H7Cl2NO3S/c13-7-5-6(12(17)18)1-2-8(7)15-11(16)9-3-4-10(14)19-9/h1-5H,(H,15,16)(H,17,18). The zero-order valence-corrected chi connectivity index (χ0v) is 11.6. The molecule has 98 valence electrons. The molecule has 7 heteroatoms. The van der Waals surface area contributed by atoms with E-state index < -0.39 is 5.97 Å². The van der Waals surface area contributed by atoms with E-state index in [1.54, 1.807) is 12.1 Å². The molecule has 1 amide bonds. The maximum absolute atomic E-state index is 11.9. The molecule has 0 saturated heterocycles. The second-order valence-electron chi connectivity index (χ2n) is 3.56. The van der Waals surface area contributed by atoms with Gasteiger partial charge in [-0.05, 0) is 30.3 Å². The van der Waals surface area contributed by atoms with Crippen LogP contribution in [0.2, 0.25) is 9.36 Å². The molecule has 0 radical (unpaired) electrons. The van der Waals surface area contributed by atoms with Crippen LogP contribution in [-0.4, -0.2) is 17.0 Å². The van der Waals surface area contributed by atoms with Crippen LogP contribution in [0, 0.1) is 0 Å². The van der Waals surface area contributed by atoms with Crippen LogP contribution in [-0.2, 0) is 0 Å². The Kier molecular flexibility index (Phi) is 4.09. The summed E-state index contributed by atoms with van der Waals surface area (Å²) < 4.78 is 0.512. The number of carbonyl (C=O) groups is 2. The smallest absolute Gasteiger partial charge is 0.335 e. The second kappa shape index (κ2) is 5.61. The molecule has 1 aromatic carbocycles. The van der Waals surface area contributed by atoms with E-state index in [0.29, 0.717) is 14.9 Å². The number of carbonyl (C=O) groups excluding carboxylic acids is 1. The van der Waals surface area contributed by atoms with E-state index in [1.165, 1.54) is 18.2 Å². The Balaban J connectivity index is 2.20. The topological polar surface area (TPSA) is 66.4 Å². The Morgan fingerprint density at radius 3 is 2.42 bits per heavy atom. The zero-order chi connectivity index (χ0) is 14.0. The van der Waals surface area contributed by atoms with Crippen molar-refractivity contribution < 1.29 is 14.7 Å². The van der Waals surface area contributed by atoms with Gasteiger partial charge in [-0.2, -0.15) is 0 Å². The van der Waals surface area contributed by atoms with Crippen molar-refractivity contribution in [3.05, 3.63) is 50.1 Å². The van der Waals surface area contributed by atoms with Crippen molar-refractivity contribution in [2.75, 3.05) is 5.32 Å². The van der Waals surface area contributed by atoms with E-state index in [0.717, 1.165) is 11.3 Å². The lowest BCUT2D eigenvalue weighted by atomic mass is 10.2. The highest BCUT2D eigenvalue weighted by Gasteiger charge is 2.12. The minimum Gasteiger partial charge on any atom is -0.478 e. The Morgan fingerprint density at radius 1 is 1.16 bits per heavy atom. The highest BCUT2D eigenvalue weighted by Crippen LogP contribution is 2.26. The summed E-state index contributed by atoms with van der Waals surface area (Å²) in [4.78, 5) is 23.1. The molecule has 0 bridgehead atoms. The van der Waals surface area contributed by atoms with Crippen LogP contribution in [0.3, 0.4) is 0 Å².